The van der Waals surface area contributed by atoms with Gasteiger partial charge in [0, 0.05) is 41.7 Å². The standard InChI is InChI=1S/C17H26ClN.C13H24N4O3S/c1-13(2)12-16(19(3)4)17(10-5-11-17)14-6-8-15(18)9-7-14;1-13(2,3)14-8-10(18)9-20-12-11(15-21-16-12)17-4-6-19-7-5-17/h6-9,13,16H,5,10-12H2,1-4H3;10,14,18H,4-9H2,1-3H3/t;10-/m.0/s1. The number of rotatable bonds is 11. The van der Waals surface area contributed by atoms with Gasteiger partial charge in [-0.25, -0.2) is 0 Å². The third-order valence-corrected chi connectivity index (χ3v) is 8.41. The lowest BCUT2D eigenvalue weighted by Gasteiger charge is -2.51. The van der Waals surface area contributed by atoms with E-state index in [1.807, 2.05) is 12.1 Å². The van der Waals surface area contributed by atoms with Crippen LogP contribution in [0, 0.1) is 5.92 Å². The monoisotopic (exact) mass is 595 g/mol. The first-order chi connectivity index (χ1) is 18.9. The summed E-state index contributed by atoms with van der Waals surface area (Å²) in [5.41, 5.74) is 1.79. The Balaban J connectivity index is 0.000000222. The van der Waals surface area contributed by atoms with E-state index in [-0.39, 0.29) is 12.1 Å². The molecule has 4 rings (SSSR count). The van der Waals surface area contributed by atoms with Gasteiger partial charge in [0.1, 0.15) is 12.7 Å². The van der Waals surface area contributed by atoms with Crippen molar-refractivity contribution >= 4 is 29.1 Å². The molecule has 1 aromatic carbocycles. The number of hydrogen-bond donors (Lipinski definition) is 2. The number of β-amino-alcohol motifs (C(OH)–C–C–N with tert-alkyl or cyclic N) is 1. The van der Waals surface area contributed by atoms with Crippen molar-refractivity contribution in [3.63, 3.8) is 0 Å². The second-order valence-electron chi connectivity index (χ2n) is 12.7. The fourth-order valence-electron chi connectivity index (χ4n) is 5.42. The molecule has 10 heteroatoms. The van der Waals surface area contributed by atoms with Crippen LogP contribution in [0.15, 0.2) is 24.3 Å². The molecule has 1 aliphatic carbocycles. The third-order valence-electron chi connectivity index (χ3n) is 7.65. The highest BCUT2D eigenvalue weighted by Crippen LogP contribution is 2.49. The van der Waals surface area contributed by atoms with Crippen molar-refractivity contribution < 1.29 is 14.6 Å². The van der Waals surface area contributed by atoms with Crippen LogP contribution in [0.2, 0.25) is 5.02 Å². The van der Waals surface area contributed by atoms with E-state index >= 15 is 0 Å². The molecule has 2 atom stereocenters. The topological polar surface area (TPSA) is 83.0 Å². The van der Waals surface area contributed by atoms with Crippen molar-refractivity contribution in [2.24, 2.45) is 5.92 Å². The molecule has 2 aliphatic rings. The largest absolute Gasteiger partial charge is 0.472 e. The Bertz CT molecular complexity index is 1000. The van der Waals surface area contributed by atoms with Gasteiger partial charge >= 0.3 is 0 Å². The number of halogens is 1. The SMILES string of the molecule is CC(C)(C)NC[C@H](O)COc1nsnc1N1CCOCC1.CC(C)CC(N(C)C)C1(c2ccc(Cl)cc2)CCC1. The molecule has 1 aliphatic heterocycles. The third kappa shape index (κ3) is 9.53. The van der Waals surface area contributed by atoms with Gasteiger partial charge in [-0.05, 0) is 77.7 Å². The van der Waals surface area contributed by atoms with Crippen LogP contribution in [0.25, 0.3) is 0 Å². The lowest BCUT2D eigenvalue weighted by Crippen LogP contribution is -2.52. The highest BCUT2D eigenvalue weighted by molar-refractivity contribution is 6.99. The number of anilines is 1. The summed E-state index contributed by atoms with van der Waals surface area (Å²) in [6.07, 6.45) is 4.65. The number of aromatic nitrogens is 2. The molecule has 2 N–H and O–H groups in total. The van der Waals surface area contributed by atoms with Crippen molar-refractivity contribution in [3.8, 4) is 5.88 Å². The lowest BCUT2D eigenvalue weighted by atomic mass is 9.58. The van der Waals surface area contributed by atoms with Gasteiger partial charge in [0.15, 0.2) is 0 Å². The summed E-state index contributed by atoms with van der Waals surface area (Å²) in [5.74, 6) is 1.98. The van der Waals surface area contributed by atoms with E-state index in [0.29, 0.717) is 37.1 Å². The average molecular weight is 596 g/mol. The zero-order valence-electron chi connectivity index (χ0n) is 25.5. The van der Waals surface area contributed by atoms with Gasteiger partial charge in [-0.2, -0.15) is 4.37 Å². The molecule has 40 heavy (non-hydrogen) atoms. The smallest absolute Gasteiger partial charge is 0.270 e. The maximum Gasteiger partial charge on any atom is 0.270 e. The first kappa shape index (κ1) is 33.0. The number of hydrogen-bond acceptors (Lipinski definition) is 9. The highest BCUT2D eigenvalue weighted by Gasteiger charge is 2.46. The van der Waals surface area contributed by atoms with Crippen molar-refractivity contribution in [3.05, 3.63) is 34.9 Å². The van der Waals surface area contributed by atoms with Gasteiger partial charge < -0.3 is 29.7 Å². The first-order valence-corrected chi connectivity index (χ1v) is 15.7. The Hall–Kier alpha value is -1.49. The number of likely N-dealkylation sites (N-methyl/N-ethyl adjacent to an activating group) is 1. The number of benzene rings is 1. The Morgan fingerprint density at radius 1 is 1.15 bits per heavy atom. The fourth-order valence-corrected chi connectivity index (χ4v) is 6.07. The predicted molar refractivity (Wildman–Crippen MR) is 166 cm³/mol. The molecule has 1 aromatic heterocycles. The number of morpholine rings is 1. The first-order valence-electron chi connectivity index (χ1n) is 14.5. The normalized spacial score (nSPS) is 18.6. The summed E-state index contributed by atoms with van der Waals surface area (Å²) in [6.45, 7) is 14.5. The zero-order valence-corrected chi connectivity index (χ0v) is 27.0. The van der Waals surface area contributed by atoms with Crippen molar-refractivity contribution in [2.45, 2.75) is 83.4 Å². The van der Waals surface area contributed by atoms with E-state index in [2.05, 4.69) is 84.7 Å². The quantitative estimate of drug-likeness (QED) is 0.365. The molecule has 0 spiro atoms. The van der Waals surface area contributed by atoms with Crippen LogP contribution in [-0.4, -0.2) is 90.0 Å². The summed E-state index contributed by atoms with van der Waals surface area (Å²) in [6, 6.07) is 9.18. The predicted octanol–water partition coefficient (Wildman–Crippen LogP) is 5.24. The van der Waals surface area contributed by atoms with Gasteiger partial charge in [0.05, 0.1) is 24.9 Å². The van der Waals surface area contributed by atoms with E-state index in [9.17, 15) is 5.11 Å². The van der Waals surface area contributed by atoms with Gasteiger partial charge in [0.25, 0.3) is 5.88 Å². The minimum Gasteiger partial charge on any atom is -0.472 e. The zero-order chi connectivity index (χ0) is 29.3. The molecule has 1 unspecified atom stereocenters. The molecule has 2 heterocycles. The Morgan fingerprint density at radius 2 is 1.80 bits per heavy atom. The van der Waals surface area contributed by atoms with Gasteiger partial charge in [-0.15, -0.1) is 4.37 Å². The summed E-state index contributed by atoms with van der Waals surface area (Å²) in [7, 11) is 4.45. The van der Waals surface area contributed by atoms with E-state index in [1.54, 1.807) is 0 Å². The summed E-state index contributed by atoms with van der Waals surface area (Å²) >= 11 is 7.16. The van der Waals surface area contributed by atoms with Crippen LogP contribution in [0.3, 0.4) is 0 Å². The molecule has 1 saturated carbocycles. The molecule has 8 nitrogen and oxygen atoms in total. The van der Waals surface area contributed by atoms with Gasteiger partial charge in [-0.3, -0.25) is 0 Å². The van der Waals surface area contributed by atoms with Crippen LogP contribution in [0.5, 0.6) is 5.88 Å². The number of nitrogens with zero attached hydrogens (tertiary/aromatic N) is 4. The van der Waals surface area contributed by atoms with Crippen LogP contribution >= 0.6 is 23.3 Å². The van der Waals surface area contributed by atoms with Crippen molar-refractivity contribution in [1.29, 1.82) is 0 Å². The van der Waals surface area contributed by atoms with Crippen molar-refractivity contribution in [2.75, 3.05) is 58.5 Å². The second kappa shape index (κ2) is 15.1. The van der Waals surface area contributed by atoms with E-state index < -0.39 is 6.10 Å². The molecule has 1 saturated heterocycles. The molecule has 2 fully saturated rings. The maximum atomic E-state index is 9.95. The van der Waals surface area contributed by atoms with Crippen LogP contribution < -0.4 is 15.0 Å². The number of ether oxygens (including phenoxy) is 2. The lowest BCUT2D eigenvalue weighted by molar-refractivity contribution is 0.0808. The average Bonchev–Trinajstić information content (AvgIpc) is 3.35. The molecule has 0 amide bonds. The van der Waals surface area contributed by atoms with Crippen LogP contribution in [0.1, 0.15) is 65.9 Å². The number of aliphatic hydroxyl groups is 1. The molecule has 0 bridgehead atoms. The highest BCUT2D eigenvalue weighted by atomic mass is 35.5. The van der Waals surface area contributed by atoms with Crippen LogP contribution in [0.4, 0.5) is 5.82 Å². The Kier molecular flexibility index (Phi) is 12.5. The number of nitrogens with one attached hydrogen (secondary N) is 1. The Morgan fingerprint density at radius 3 is 2.33 bits per heavy atom. The fraction of sp³-hybridized carbons (Fsp3) is 0.733. The second-order valence-corrected chi connectivity index (χ2v) is 13.7. The molecular formula is C30H50ClN5O3S. The van der Waals surface area contributed by atoms with Gasteiger partial charge in [0.2, 0.25) is 5.82 Å². The van der Waals surface area contributed by atoms with Crippen molar-refractivity contribution in [1.82, 2.24) is 19.0 Å². The summed E-state index contributed by atoms with van der Waals surface area (Å²) in [4.78, 5) is 4.52. The van der Waals surface area contributed by atoms with E-state index in [0.717, 1.165) is 41.6 Å². The maximum absolute atomic E-state index is 9.95. The minimum atomic E-state index is -0.580. The molecule has 226 valence electrons. The molecular weight excluding hydrogens is 546 g/mol. The van der Waals surface area contributed by atoms with E-state index in [4.69, 9.17) is 21.1 Å². The minimum absolute atomic E-state index is 0.0257. The van der Waals surface area contributed by atoms with Gasteiger partial charge in [-0.1, -0.05) is 44.0 Å². The summed E-state index contributed by atoms with van der Waals surface area (Å²) in [5, 5.41) is 14.0. The number of aliphatic hydroxyl groups excluding tert-OH is 1. The molecule has 2 aromatic rings. The Labute approximate surface area is 250 Å². The summed E-state index contributed by atoms with van der Waals surface area (Å²) < 4.78 is 19.4. The van der Waals surface area contributed by atoms with Crippen LogP contribution in [-0.2, 0) is 10.2 Å². The van der Waals surface area contributed by atoms with E-state index in [1.165, 1.54) is 31.2 Å². The molecule has 0 radical (unpaired) electrons.